The Morgan fingerprint density at radius 1 is 1.41 bits per heavy atom. The molecular formula is C16H20BrN3O2. The monoisotopic (exact) mass is 365 g/mol. The lowest BCUT2D eigenvalue weighted by Crippen LogP contribution is -2.42. The van der Waals surface area contributed by atoms with Crippen molar-refractivity contribution >= 4 is 33.4 Å². The van der Waals surface area contributed by atoms with Gasteiger partial charge in [-0.05, 0) is 44.0 Å². The van der Waals surface area contributed by atoms with Gasteiger partial charge in [0.1, 0.15) is 5.92 Å². The molecule has 0 saturated carbocycles. The number of hydrogen-bond acceptors (Lipinski definition) is 3. The Kier molecular flexibility index (Phi) is 4.78. The van der Waals surface area contributed by atoms with Crippen LogP contribution < -0.4 is 15.5 Å². The summed E-state index contributed by atoms with van der Waals surface area (Å²) < 4.78 is 0.929. The number of nitrogens with zero attached hydrogens (tertiary/aromatic N) is 1. The van der Waals surface area contributed by atoms with Gasteiger partial charge in [0, 0.05) is 29.3 Å². The summed E-state index contributed by atoms with van der Waals surface area (Å²) in [5.74, 6) is -0.799. The van der Waals surface area contributed by atoms with E-state index < -0.39 is 5.92 Å². The Hall–Kier alpha value is -1.40. The number of amides is 2. The Balaban J connectivity index is 1.59. The Morgan fingerprint density at radius 2 is 2.27 bits per heavy atom. The highest BCUT2D eigenvalue weighted by atomic mass is 79.9. The Labute approximate surface area is 138 Å². The van der Waals surface area contributed by atoms with Crippen LogP contribution in [0.4, 0.5) is 5.69 Å². The van der Waals surface area contributed by atoms with Crippen molar-refractivity contribution in [1.29, 1.82) is 0 Å². The molecule has 0 spiro atoms. The van der Waals surface area contributed by atoms with Crippen molar-refractivity contribution in [2.45, 2.75) is 25.3 Å². The van der Waals surface area contributed by atoms with Crippen molar-refractivity contribution in [2.24, 2.45) is 5.92 Å². The van der Waals surface area contributed by atoms with Gasteiger partial charge in [0.25, 0.3) is 0 Å². The van der Waals surface area contributed by atoms with E-state index in [4.69, 9.17) is 0 Å². The first-order valence-corrected chi connectivity index (χ1v) is 8.52. The van der Waals surface area contributed by atoms with Gasteiger partial charge >= 0.3 is 0 Å². The third kappa shape index (κ3) is 3.33. The second kappa shape index (κ2) is 6.79. The number of anilines is 1. The molecule has 2 saturated heterocycles. The molecule has 2 heterocycles. The van der Waals surface area contributed by atoms with Crippen LogP contribution in [0.2, 0.25) is 0 Å². The maximum atomic E-state index is 12.5. The normalized spacial score (nSPS) is 24.8. The van der Waals surface area contributed by atoms with Crippen molar-refractivity contribution in [3.05, 3.63) is 28.7 Å². The second-order valence-corrected chi connectivity index (χ2v) is 6.77. The molecule has 2 unspecified atom stereocenters. The van der Waals surface area contributed by atoms with Gasteiger partial charge in [-0.1, -0.05) is 22.0 Å². The molecule has 1 aromatic carbocycles. The average molecular weight is 366 g/mol. The van der Waals surface area contributed by atoms with Crippen LogP contribution in [0, 0.1) is 5.92 Å². The standard InChI is InChI=1S/C16H20BrN3O2/c17-11-3-1-5-13(9-11)20-8-6-14(16(20)22)15(21)19-10-12-4-2-7-18-12/h1,3,5,9,12,14,18H,2,4,6-8,10H2,(H,19,21). The molecule has 1 aromatic rings. The molecule has 3 rings (SSSR count). The van der Waals surface area contributed by atoms with Crippen LogP contribution in [0.1, 0.15) is 19.3 Å². The number of benzene rings is 1. The van der Waals surface area contributed by atoms with Gasteiger partial charge in [0.05, 0.1) is 0 Å². The molecule has 0 radical (unpaired) electrons. The number of carbonyl (C=O) groups is 2. The number of hydrogen-bond donors (Lipinski definition) is 2. The second-order valence-electron chi connectivity index (χ2n) is 5.85. The van der Waals surface area contributed by atoms with Gasteiger partial charge in [-0.25, -0.2) is 0 Å². The molecule has 6 heteroatoms. The minimum absolute atomic E-state index is 0.102. The van der Waals surface area contributed by atoms with Crippen molar-refractivity contribution in [3.8, 4) is 0 Å². The summed E-state index contributed by atoms with van der Waals surface area (Å²) in [6.45, 7) is 2.22. The zero-order valence-electron chi connectivity index (χ0n) is 12.3. The molecule has 2 aliphatic heterocycles. The number of halogens is 1. The Morgan fingerprint density at radius 3 is 3.00 bits per heavy atom. The lowest BCUT2D eigenvalue weighted by Gasteiger charge is -2.17. The smallest absolute Gasteiger partial charge is 0.239 e. The fraction of sp³-hybridized carbons (Fsp3) is 0.500. The average Bonchev–Trinajstić information content (AvgIpc) is 3.14. The lowest BCUT2D eigenvalue weighted by molar-refractivity contribution is -0.132. The summed E-state index contributed by atoms with van der Waals surface area (Å²) in [4.78, 5) is 26.4. The van der Waals surface area contributed by atoms with E-state index >= 15 is 0 Å². The van der Waals surface area contributed by atoms with E-state index in [0.29, 0.717) is 25.6 Å². The van der Waals surface area contributed by atoms with E-state index in [9.17, 15) is 9.59 Å². The van der Waals surface area contributed by atoms with E-state index in [1.807, 2.05) is 24.3 Å². The van der Waals surface area contributed by atoms with E-state index in [1.54, 1.807) is 4.90 Å². The summed E-state index contributed by atoms with van der Waals surface area (Å²) in [5.41, 5.74) is 0.840. The SMILES string of the molecule is O=C(NCC1CCCN1)C1CCN(c2cccc(Br)c2)C1=O. The first-order chi connectivity index (χ1) is 10.6. The summed E-state index contributed by atoms with van der Waals surface area (Å²) >= 11 is 3.41. The van der Waals surface area contributed by atoms with E-state index in [1.165, 1.54) is 0 Å². The van der Waals surface area contributed by atoms with E-state index in [0.717, 1.165) is 29.5 Å². The summed E-state index contributed by atoms with van der Waals surface area (Å²) in [7, 11) is 0. The predicted octanol–water partition coefficient (Wildman–Crippen LogP) is 1.67. The minimum Gasteiger partial charge on any atom is -0.354 e. The summed E-state index contributed by atoms with van der Waals surface area (Å²) in [6.07, 6.45) is 2.82. The third-order valence-electron chi connectivity index (χ3n) is 4.33. The van der Waals surface area contributed by atoms with Crippen LogP contribution in [0.25, 0.3) is 0 Å². The molecule has 0 bridgehead atoms. The molecule has 118 valence electrons. The lowest BCUT2D eigenvalue weighted by atomic mass is 10.1. The predicted molar refractivity (Wildman–Crippen MR) is 88.6 cm³/mol. The molecule has 2 N–H and O–H groups in total. The molecule has 2 atom stereocenters. The highest BCUT2D eigenvalue weighted by Crippen LogP contribution is 2.27. The summed E-state index contributed by atoms with van der Waals surface area (Å²) in [5, 5.41) is 6.26. The van der Waals surface area contributed by atoms with Crippen LogP contribution in [0.3, 0.4) is 0 Å². The quantitative estimate of drug-likeness (QED) is 0.797. The van der Waals surface area contributed by atoms with Crippen LogP contribution in [-0.4, -0.2) is 37.5 Å². The zero-order valence-corrected chi connectivity index (χ0v) is 13.9. The van der Waals surface area contributed by atoms with Crippen LogP contribution in [0.15, 0.2) is 28.7 Å². The summed E-state index contributed by atoms with van der Waals surface area (Å²) in [6, 6.07) is 7.96. The zero-order chi connectivity index (χ0) is 15.5. The van der Waals surface area contributed by atoms with Gasteiger partial charge in [-0.2, -0.15) is 0 Å². The van der Waals surface area contributed by atoms with Gasteiger partial charge in [0.2, 0.25) is 11.8 Å². The van der Waals surface area contributed by atoms with Crippen molar-refractivity contribution < 1.29 is 9.59 Å². The van der Waals surface area contributed by atoms with Gasteiger partial charge < -0.3 is 15.5 Å². The van der Waals surface area contributed by atoms with Gasteiger partial charge in [-0.3, -0.25) is 9.59 Å². The highest BCUT2D eigenvalue weighted by molar-refractivity contribution is 9.10. The topological polar surface area (TPSA) is 61.4 Å². The minimum atomic E-state index is -0.555. The molecule has 0 aliphatic carbocycles. The van der Waals surface area contributed by atoms with E-state index in [-0.39, 0.29) is 11.8 Å². The van der Waals surface area contributed by atoms with Gasteiger partial charge in [-0.15, -0.1) is 0 Å². The Bertz CT molecular complexity index is 572. The number of carbonyl (C=O) groups excluding carboxylic acids is 2. The van der Waals surface area contributed by atoms with E-state index in [2.05, 4.69) is 26.6 Å². The van der Waals surface area contributed by atoms with Crippen molar-refractivity contribution in [1.82, 2.24) is 10.6 Å². The third-order valence-corrected chi connectivity index (χ3v) is 4.82. The maximum Gasteiger partial charge on any atom is 0.239 e. The van der Waals surface area contributed by atoms with Crippen LogP contribution >= 0.6 is 15.9 Å². The van der Waals surface area contributed by atoms with Crippen LogP contribution in [-0.2, 0) is 9.59 Å². The molecule has 2 fully saturated rings. The first-order valence-electron chi connectivity index (χ1n) is 7.73. The van der Waals surface area contributed by atoms with Crippen molar-refractivity contribution in [2.75, 3.05) is 24.5 Å². The maximum absolute atomic E-state index is 12.5. The number of nitrogens with one attached hydrogen (secondary N) is 2. The largest absolute Gasteiger partial charge is 0.354 e. The molecule has 22 heavy (non-hydrogen) atoms. The fourth-order valence-electron chi connectivity index (χ4n) is 3.10. The number of rotatable bonds is 4. The highest BCUT2D eigenvalue weighted by Gasteiger charge is 2.37. The van der Waals surface area contributed by atoms with Crippen LogP contribution in [0.5, 0.6) is 0 Å². The first kappa shape index (κ1) is 15.5. The molecule has 2 amide bonds. The van der Waals surface area contributed by atoms with Gasteiger partial charge in [0.15, 0.2) is 0 Å². The molecular weight excluding hydrogens is 346 g/mol. The molecule has 2 aliphatic rings. The molecule has 0 aromatic heterocycles. The molecule has 5 nitrogen and oxygen atoms in total. The van der Waals surface area contributed by atoms with Crippen molar-refractivity contribution in [3.63, 3.8) is 0 Å². The fourth-order valence-corrected chi connectivity index (χ4v) is 3.49.